The van der Waals surface area contributed by atoms with Crippen molar-refractivity contribution in [2.45, 2.75) is 20.1 Å². The highest BCUT2D eigenvalue weighted by Crippen LogP contribution is 2.22. The molecule has 1 N–H and O–H groups in total. The summed E-state index contributed by atoms with van der Waals surface area (Å²) in [6, 6.07) is 22.7. The highest BCUT2D eigenvalue weighted by Gasteiger charge is 2.14. The standard InChI is InChI=1S/C26H21N3O3S/c1-17-10-12-18(13-11-17)27-26-28-19(16-33-26)15-32-24(30)14-29-22-8-4-2-6-20(22)25(31)21-7-3-5-9-23(21)29/h2-13,16H,14-15H2,1H3,(H,27,28). The second-order valence-corrected chi connectivity index (χ2v) is 8.60. The molecule has 0 unspecified atom stereocenters. The summed E-state index contributed by atoms with van der Waals surface area (Å²) in [6.45, 7) is 2.12. The van der Waals surface area contributed by atoms with E-state index in [1.54, 1.807) is 12.1 Å². The number of carbonyl (C=O) groups is 1. The smallest absolute Gasteiger partial charge is 0.326 e. The van der Waals surface area contributed by atoms with Gasteiger partial charge in [-0.25, -0.2) is 4.98 Å². The molecular formula is C26H21N3O3S. The van der Waals surface area contributed by atoms with Gasteiger partial charge in [-0.05, 0) is 43.3 Å². The number of carbonyl (C=O) groups excluding carboxylic acids is 1. The lowest BCUT2D eigenvalue weighted by molar-refractivity contribution is -0.145. The number of aryl methyl sites for hydroxylation is 1. The average molecular weight is 456 g/mol. The van der Waals surface area contributed by atoms with E-state index in [1.165, 1.54) is 16.9 Å². The van der Waals surface area contributed by atoms with Crippen molar-refractivity contribution in [3.05, 3.63) is 99.7 Å². The van der Waals surface area contributed by atoms with Gasteiger partial charge < -0.3 is 14.6 Å². The van der Waals surface area contributed by atoms with Crippen LogP contribution in [0.1, 0.15) is 11.3 Å². The first-order valence-corrected chi connectivity index (χ1v) is 11.4. The molecule has 0 saturated heterocycles. The van der Waals surface area contributed by atoms with Crippen molar-refractivity contribution >= 4 is 49.9 Å². The minimum atomic E-state index is -0.394. The molecule has 5 aromatic rings. The predicted octanol–water partition coefficient (Wildman–Crippen LogP) is 5.41. The number of esters is 1. The second-order valence-electron chi connectivity index (χ2n) is 7.75. The monoisotopic (exact) mass is 455 g/mol. The summed E-state index contributed by atoms with van der Waals surface area (Å²) in [4.78, 5) is 30.1. The van der Waals surface area contributed by atoms with Crippen molar-refractivity contribution < 1.29 is 9.53 Å². The number of nitrogens with one attached hydrogen (secondary N) is 1. The SMILES string of the molecule is Cc1ccc(Nc2nc(COC(=O)Cn3c4ccccc4c(=O)c4ccccc43)cs2)cc1. The van der Waals surface area contributed by atoms with Crippen molar-refractivity contribution in [2.75, 3.05) is 5.32 Å². The molecule has 0 bridgehead atoms. The van der Waals surface area contributed by atoms with Crippen molar-refractivity contribution in [3.63, 3.8) is 0 Å². The van der Waals surface area contributed by atoms with E-state index in [-0.39, 0.29) is 18.6 Å². The van der Waals surface area contributed by atoms with E-state index < -0.39 is 5.97 Å². The van der Waals surface area contributed by atoms with Crippen LogP contribution in [0.4, 0.5) is 10.8 Å². The third kappa shape index (κ3) is 4.36. The van der Waals surface area contributed by atoms with E-state index in [0.717, 1.165) is 10.8 Å². The summed E-state index contributed by atoms with van der Waals surface area (Å²) < 4.78 is 7.35. The normalized spacial score (nSPS) is 11.1. The zero-order chi connectivity index (χ0) is 22.8. The molecule has 0 aliphatic heterocycles. The summed E-state index contributed by atoms with van der Waals surface area (Å²) >= 11 is 1.46. The Morgan fingerprint density at radius 3 is 2.27 bits per heavy atom. The van der Waals surface area contributed by atoms with Crippen molar-refractivity contribution in [1.82, 2.24) is 9.55 Å². The van der Waals surface area contributed by atoms with E-state index in [9.17, 15) is 9.59 Å². The average Bonchev–Trinajstić information content (AvgIpc) is 3.29. The van der Waals surface area contributed by atoms with Gasteiger partial charge >= 0.3 is 5.97 Å². The lowest BCUT2D eigenvalue weighted by Gasteiger charge is -2.14. The van der Waals surface area contributed by atoms with Crippen molar-refractivity contribution in [2.24, 2.45) is 0 Å². The number of hydrogen-bond acceptors (Lipinski definition) is 6. The van der Waals surface area contributed by atoms with Crippen molar-refractivity contribution in [1.29, 1.82) is 0 Å². The Bertz CT molecular complexity index is 1460. The topological polar surface area (TPSA) is 73.2 Å². The number of benzene rings is 3. The zero-order valence-corrected chi connectivity index (χ0v) is 18.8. The highest BCUT2D eigenvalue weighted by atomic mass is 32.1. The van der Waals surface area contributed by atoms with Crippen LogP contribution in [0, 0.1) is 6.92 Å². The van der Waals surface area contributed by atoms with Gasteiger partial charge in [0.2, 0.25) is 0 Å². The molecule has 0 aliphatic rings. The molecule has 0 spiro atoms. The first-order chi connectivity index (χ1) is 16.1. The number of para-hydroxylation sites is 2. The number of nitrogens with zero attached hydrogens (tertiary/aromatic N) is 2. The zero-order valence-electron chi connectivity index (χ0n) is 17.9. The Morgan fingerprint density at radius 1 is 0.970 bits per heavy atom. The summed E-state index contributed by atoms with van der Waals surface area (Å²) in [7, 11) is 0. The van der Waals surface area contributed by atoms with Gasteiger partial charge in [0.05, 0.1) is 16.7 Å². The fourth-order valence-electron chi connectivity index (χ4n) is 3.77. The third-order valence-corrected chi connectivity index (χ3v) is 6.21. The van der Waals surface area contributed by atoms with Gasteiger partial charge in [-0.2, -0.15) is 0 Å². The molecule has 7 heteroatoms. The number of ether oxygens (including phenoxy) is 1. The molecule has 0 saturated carbocycles. The van der Waals surface area contributed by atoms with Crippen LogP contribution in [0.2, 0.25) is 0 Å². The maximum atomic E-state index is 12.8. The molecule has 2 heterocycles. The van der Waals surface area contributed by atoms with E-state index in [4.69, 9.17) is 4.74 Å². The van der Waals surface area contributed by atoms with Gasteiger partial charge in [0.1, 0.15) is 13.2 Å². The Morgan fingerprint density at radius 2 is 1.61 bits per heavy atom. The van der Waals surface area contributed by atoms with E-state index in [1.807, 2.05) is 77.5 Å². The first kappa shape index (κ1) is 20.9. The largest absolute Gasteiger partial charge is 0.458 e. The molecule has 3 aromatic carbocycles. The van der Waals surface area contributed by atoms with Gasteiger partial charge in [-0.15, -0.1) is 11.3 Å². The number of aromatic nitrogens is 2. The molecule has 0 radical (unpaired) electrons. The van der Waals surface area contributed by atoms with Crippen LogP contribution >= 0.6 is 11.3 Å². The Kier molecular flexibility index (Phi) is 5.62. The van der Waals surface area contributed by atoms with E-state index in [0.29, 0.717) is 27.5 Å². The van der Waals surface area contributed by atoms with Crippen LogP contribution in [0.25, 0.3) is 21.8 Å². The summed E-state index contributed by atoms with van der Waals surface area (Å²) in [5, 5.41) is 7.02. The van der Waals surface area contributed by atoms with Crippen LogP contribution in [0.3, 0.4) is 0 Å². The van der Waals surface area contributed by atoms with Gasteiger partial charge in [-0.1, -0.05) is 42.0 Å². The Hall–Kier alpha value is -3.97. The molecular weight excluding hydrogens is 434 g/mol. The minimum Gasteiger partial charge on any atom is -0.458 e. The van der Waals surface area contributed by atoms with Gasteiger partial charge in [-0.3, -0.25) is 9.59 Å². The van der Waals surface area contributed by atoms with Crippen LogP contribution in [-0.4, -0.2) is 15.5 Å². The molecule has 5 rings (SSSR count). The number of hydrogen-bond donors (Lipinski definition) is 1. The van der Waals surface area contributed by atoms with Gasteiger partial charge in [0, 0.05) is 21.8 Å². The predicted molar refractivity (Wildman–Crippen MR) is 132 cm³/mol. The number of rotatable bonds is 6. The van der Waals surface area contributed by atoms with Crippen LogP contribution < -0.4 is 10.7 Å². The van der Waals surface area contributed by atoms with E-state index >= 15 is 0 Å². The molecule has 0 fully saturated rings. The third-order valence-electron chi connectivity index (χ3n) is 5.40. The van der Waals surface area contributed by atoms with Gasteiger partial charge in [0.15, 0.2) is 10.6 Å². The summed E-state index contributed by atoms with van der Waals surface area (Å²) in [5.41, 5.74) is 4.19. The van der Waals surface area contributed by atoms with Crippen LogP contribution in [0.5, 0.6) is 0 Å². The van der Waals surface area contributed by atoms with Crippen LogP contribution in [0.15, 0.2) is 83.0 Å². The maximum absolute atomic E-state index is 12.8. The minimum absolute atomic E-state index is 0.0000820. The molecule has 2 aromatic heterocycles. The number of fused-ring (bicyclic) bond motifs is 2. The lowest BCUT2D eigenvalue weighted by atomic mass is 10.1. The fourth-order valence-corrected chi connectivity index (χ4v) is 4.48. The second kappa shape index (κ2) is 8.88. The number of pyridine rings is 1. The van der Waals surface area contributed by atoms with Gasteiger partial charge in [0.25, 0.3) is 0 Å². The molecule has 0 aliphatic carbocycles. The quantitative estimate of drug-likeness (QED) is 0.274. The van der Waals surface area contributed by atoms with Crippen molar-refractivity contribution in [3.8, 4) is 0 Å². The van der Waals surface area contributed by atoms with Crippen LogP contribution in [-0.2, 0) is 22.7 Å². The first-order valence-electron chi connectivity index (χ1n) is 10.5. The number of anilines is 2. The molecule has 0 atom stereocenters. The Labute approximate surface area is 194 Å². The lowest BCUT2D eigenvalue weighted by Crippen LogP contribution is -2.18. The molecule has 33 heavy (non-hydrogen) atoms. The molecule has 6 nitrogen and oxygen atoms in total. The molecule has 164 valence electrons. The summed E-state index contributed by atoms with van der Waals surface area (Å²) in [5.74, 6) is -0.394. The summed E-state index contributed by atoms with van der Waals surface area (Å²) in [6.07, 6.45) is 0. The highest BCUT2D eigenvalue weighted by molar-refractivity contribution is 7.13. The Balaban J connectivity index is 1.32. The number of thiazole rings is 1. The fraction of sp³-hybridized carbons (Fsp3) is 0.115. The van der Waals surface area contributed by atoms with E-state index in [2.05, 4.69) is 10.3 Å². The maximum Gasteiger partial charge on any atom is 0.326 e. The molecule has 0 amide bonds.